The molecule has 0 fully saturated rings. The van der Waals surface area contributed by atoms with E-state index in [1.54, 1.807) is 0 Å². The number of halogens is 1. The monoisotopic (exact) mass is 225 g/mol. The molecule has 1 aromatic carbocycles. The molecule has 1 aromatic rings. The number of benzene rings is 1. The molecule has 1 rings (SSSR count). The summed E-state index contributed by atoms with van der Waals surface area (Å²) in [5.74, 6) is 0.821. The molecular weight excluding hydrogens is 210 g/mol. The van der Waals surface area contributed by atoms with Crippen LogP contribution in [-0.2, 0) is 0 Å². The third kappa shape index (κ3) is 3.57. The Morgan fingerprint density at radius 2 is 2.27 bits per heavy atom. The van der Waals surface area contributed by atoms with E-state index >= 15 is 0 Å². The standard InChI is InChI=1S/C12H16ClNO/c1-8-6-11(10(3)14)4-5-12(8)15-7-9(2)13/h4-6,10H,2,7,14H2,1,3H3/t10-/m0/s1. The molecular formula is C12H16ClNO. The highest BCUT2D eigenvalue weighted by Gasteiger charge is 2.04. The number of ether oxygens (including phenoxy) is 1. The Hall–Kier alpha value is -0.990. The first-order valence-electron chi connectivity index (χ1n) is 4.83. The summed E-state index contributed by atoms with van der Waals surface area (Å²) in [5.41, 5.74) is 7.94. The fourth-order valence-corrected chi connectivity index (χ4v) is 1.33. The molecule has 2 nitrogen and oxygen atoms in total. The summed E-state index contributed by atoms with van der Waals surface area (Å²) in [6, 6.07) is 5.94. The third-order valence-electron chi connectivity index (χ3n) is 2.11. The SMILES string of the molecule is C=C(Cl)COc1ccc([C@H](C)N)cc1C. The first kappa shape index (κ1) is 12.1. The Balaban J connectivity index is 2.79. The van der Waals surface area contributed by atoms with Crippen LogP contribution in [0.15, 0.2) is 29.8 Å². The van der Waals surface area contributed by atoms with E-state index in [1.807, 2.05) is 32.0 Å². The van der Waals surface area contributed by atoms with E-state index in [4.69, 9.17) is 22.1 Å². The lowest BCUT2D eigenvalue weighted by Gasteiger charge is -2.11. The van der Waals surface area contributed by atoms with Gasteiger partial charge in [0.2, 0.25) is 0 Å². The zero-order valence-corrected chi connectivity index (χ0v) is 9.84. The van der Waals surface area contributed by atoms with Gasteiger partial charge < -0.3 is 10.5 Å². The third-order valence-corrected chi connectivity index (χ3v) is 2.22. The molecule has 0 radical (unpaired) electrons. The predicted molar refractivity (Wildman–Crippen MR) is 64.3 cm³/mol. The Labute approximate surface area is 95.7 Å². The molecule has 0 heterocycles. The van der Waals surface area contributed by atoms with Gasteiger partial charge in [-0.1, -0.05) is 30.3 Å². The molecule has 0 saturated carbocycles. The van der Waals surface area contributed by atoms with Gasteiger partial charge in [0, 0.05) is 11.1 Å². The topological polar surface area (TPSA) is 35.2 Å². The molecule has 2 N–H and O–H groups in total. The lowest BCUT2D eigenvalue weighted by Crippen LogP contribution is -2.06. The highest BCUT2D eigenvalue weighted by molar-refractivity contribution is 6.29. The average molecular weight is 226 g/mol. The summed E-state index contributed by atoms with van der Waals surface area (Å²) < 4.78 is 5.46. The lowest BCUT2D eigenvalue weighted by molar-refractivity contribution is 0.357. The van der Waals surface area contributed by atoms with Crippen molar-refractivity contribution in [1.82, 2.24) is 0 Å². The van der Waals surface area contributed by atoms with E-state index < -0.39 is 0 Å². The van der Waals surface area contributed by atoms with Gasteiger partial charge in [-0.3, -0.25) is 0 Å². The minimum absolute atomic E-state index is 0.0424. The maximum absolute atomic E-state index is 5.78. The highest BCUT2D eigenvalue weighted by atomic mass is 35.5. The zero-order valence-electron chi connectivity index (χ0n) is 9.09. The molecule has 3 heteroatoms. The van der Waals surface area contributed by atoms with Gasteiger partial charge in [-0.2, -0.15) is 0 Å². The maximum Gasteiger partial charge on any atom is 0.123 e. The normalized spacial score (nSPS) is 12.3. The average Bonchev–Trinajstić information content (AvgIpc) is 2.15. The van der Waals surface area contributed by atoms with Crippen LogP contribution in [0.5, 0.6) is 5.75 Å². The van der Waals surface area contributed by atoms with Crippen LogP contribution in [0.25, 0.3) is 0 Å². The molecule has 0 spiro atoms. The molecule has 82 valence electrons. The van der Waals surface area contributed by atoms with Crippen molar-refractivity contribution >= 4 is 11.6 Å². The van der Waals surface area contributed by atoms with Gasteiger partial charge in [-0.25, -0.2) is 0 Å². The number of hydrogen-bond donors (Lipinski definition) is 1. The summed E-state index contributed by atoms with van der Waals surface area (Å²) in [7, 11) is 0. The highest BCUT2D eigenvalue weighted by Crippen LogP contribution is 2.22. The van der Waals surface area contributed by atoms with Crippen LogP contribution in [0, 0.1) is 6.92 Å². The largest absolute Gasteiger partial charge is 0.488 e. The van der Waals surface area contributed by atoms with Gasteiger partial charge in [-0.05, 0) is 31.0 Å². The summed E-state index contributed by atoms with van der Waals surface area (Å²) in [6.07, 6.45) is 0. The molecule has 0 aliphatic rings. The van der Waals surface area contributed by atoms with E-state index in [1.165, 1.54) is 0 Å². The summed E-state index contributed by atoms with van der Waals surface area (Å²) in [6.45, 7) is 7.84. The molecule has 0 unspecified atom stereocenters. The van der Waals surface area contributed by atoms with Crippen LogP contribution in [0.1, 0.15) is 24.1 Å². The molecule has 15 heavy (non-hydrogen) atoms. The summed E-state index contributed by atoms with van der Waals surface area (Å²) in [5, 5.41) is 0.491. The predicted octanol–water partition coefficient (Wildman–Crippen LogP) is 3.15. The molecule has 0 saturated heterocycles. The minimum atomic E-state index is 0.0424. The van der Waals surface area contributed by atoms with Gasteiger partial charge in [0.1, 0.15) is 12.4 Å². The number of hydrogen-bond acceptors (Lipinski definition) is 2. The van der Waals surface area contributed by atoms with Crippen molar-refractivity contribution < 1.29 is 4.74 Å². The first-order valence-corrected chi connectivity index (χ1v) is 5.20. The second-order valence-corrected chi connectivity index (χ2v) is 4.15. The second-order valence-electron chi connectivity index (χ2n) is 3.62. The quantitative estimate of drug-likeness (QED) is 0.855. The molecule has 0 aromatic heterocycles. The van der Waals surface area contributed by atoms with Crippen LogP contribution in [-0.4, -0.2) is 6.61 Å². The molecule has 0 aliphatic heterocycles. The molecule has 0 aliphatic carbocycles. The van der Waals surface area contributed by atoms with Crippen molar-refractivity contribution in [3.8, 4) is 5.75 Å². The lowest BCUT2D eigenvalue weighted by atomic mass is 10.1. The minimum Gasteiger partial charge on any atom is -0.488 e. The Bertz CT molecular complexity index is 361. The van der Waals surface area contributed by atoms with Crippen molar-refractivity contribution in [3.05, 3.63) is 40.9 Å². The van der Waals surface area contributed by atoms with E-state index in [2.05, 4.69) is 6.58 Å². The van der Waals surface area contributed by atoms with Gasteiger partial charge in [0.25, 0.3) is 0 Å². The van der Waals surface area contributed by atoms with Crippen molar-refractivity contribution in [1.29, 1.82) is 0 Å². The second kappa shape index (κ2) is 5.19. The van der Waals surface area contributed by atoms with Crippen molar-refractivity contribution in [3.63, 3.8) is 0 Å². The first-order chi connectivity index (χ1) is 7.00. The van der Waals surface area contributed by atoms with E-state index in [9.17, 15) is 0 Å². The number of nitrogens with two attached hydrogens (primary N) is 1. The summed E-state index contributed by atoms with van der Waals surface area (Å²) in [4.78, 5) is 0. The van der Waals surface area contributed by atoms with Gasteiger partial charge in [0.05, 0.1) is 0 Å². The van der Waals surface area contributed by atoms with Gasteiger partial charge >= 0.3 is 0 Å². The van der Waals surface area contributed by atoms with Crippen LogP contribution < -0.4 is 10.5 Å². The van der Waals surface area contributed by atoms with Crippen molar-refractivity contribution in [2.75, 3.05) is 6.61 Å². The van der Waals surface area contributed by atoms with Gasteiger partial charge in [-0.15, -0.1) is 0 Å². The Morgan fingerprint density at radius 1 is 1.60 bits per heavy atom. The molecule has 0 bridgehead atoms. The Morgan fingerprint density at radius 3 is 2.73 bits per heavy atom. The van der Waals surface area contributed by atoms with Crippen LogP contribution in [0.2, 0.25) is 0 Å². The molecule has 0 amide bonds. The maximum atomic E-state index is 5.78. The van der Waals surface area contributed by atoms with Crippen LogP contribution in [0.3, 0.4) is 0 Å². The fourth-order valence-electron chi connectivity index (χ4n) is 1.27. The fraction of sp³-hybridized carbons (Fsp3) is 0.333. The van der Waals surface area contributed by atoms with Crippen molar-refractivity contribution in [2.45, 2.75) is 19.9 Å². The van der Waals surface area contributed by atoms with Gasteiger partial charge in [0.15, 0.2) is 0 Å². The number of aryl methyl sites for hydroxylation is 1. The van der Waals surface area contributed by atoms with E-state index in [-0.39, 0.29) is 6.04 Å². The number of rotatable bonds is 4. The summed E-state index contributed by atoms with van der Waals surface area (Å²) >= 11 is 5.62. The van der Waals surface area contributed by atoms with E-state index in [0.29, 0.717) is 11.6 Å². The van der Waals surface area contributed by atoms with Crippen LogP contribution >= 0.6 is 11.6 Å². The van der Waals surface area contributed by atoms with Crippen molar-refractivity contribution in [2.24, 2.45) is 5.73 Å². The van der Waals surface area contributed by atoms with Crippen LogP contribution in [0.4, 0.5) is 0 Å². The zero-order chi connectivity index (χ0) is 11.4. The smallest absolute Gasteiger partial charge is 0.123 e. The van der Waals surface area contributed by atoms with E-state index in [0.717, 1.165) is 16.9 Å². The Kier molecular flexibility index (Phi) is 4.18. The molecule has 1 atom stereocenters.